The molecule has 5 aromatic rings. The first-order chi connectivity index (χ1) is 26.5. The van der Waals surface area contributed by atoms with Gasteiger partial charge < -0.3 is 28.8 Å². The van der Waals surface area contributed by atoms with Crippen molar-refractivity contribution in [3.05, 3.63) is 82.4 Å². The second kappa shape index (κ2) is 15.7. The van der Waals surface area contributed by atoms with Crippen molar-refractivity contribution in [2.75, 3.05) is 40.4 Å². The second-order valence-corrected chi connectivity index (χ2v) is 14.9. The maximum Gasteiger partial charge on any atom is 0.407 e. The van der Waals surface area contributed by atoms with E-state index in [1.54, 1.807) is 25.1 Å². The zero-order chi connectivity index (χ0) is 38.9. The van der Waals surface area contributed by atoms with Crippen LogP contribution in [0.5, 0.6) is 11.6 Å². The molecule has 0 bridgehead atoms. The van der Waals surface area contributed by atoms with Gasteiger partial charge in [-0.2, -0.15) is 5.26 Å². The molecular weight excluding hydrogens is 743 g/mol. The van der Waals surface area contributed by atoms with Crippen LogP contribution in [0.2, 0.25) is 10.0 Å². The number of aromatic nitrogens is 4. The lowest BCUT2D eigenvalue weighted by Gasteiger charge is -2.42. The molecule has 0 saturated carbocycles. The number of hydrogen-bond acceptors (Lipinski definition) is 10. The van der Waals surface area contributed by atoms with Gasteiger partial charge >= 0.3 is 6.09 Å². The highest BCUT2D eigenvalue weighted by atomic mass is 35.5. The third kappa shape index (κ3) is 7.89. The van der Waals surface area contributed by atoms with Crippen molar-refractivity contribution in [2.24, 2.45) is 5.41 Å². The van der Waals surface area contributed by atoms with Gasteiger partial charge in [0, 0.05) is 98.9 Å². The lowest BCUT2D eigenvalue weighted by Crippen LogP contribution is -2.53. The van der Waals surface area contributed by atoms with Gasteiger partial charge in [-0.25, -0.2) is 14.8 Å². The van der Waals surface area contributed by atoms with Crippen molar-refractivity contribution < 1.29 is 23.8 Å². The van der Waals surface area contributed by atoms with E-state index < -0.39 is 6.09 Å². The lowest BCUT2D eigenvalue weighted by atomic mass is 9.84. The van der Waals surface area contributed by atoms with Crippen LogP contribution in [0.1, 0.15) is 37.9 Å². The highest BCUT2D eigenvalue weighted by Gasteiger charge is 2.39. The smallest absolute Gasteiger partial charge is 0.407 e. The minimum absolute atomic E-state index is 0.0234. The highest BCUT2D eigenvalue weighted by molar-refractivity contribution is 6.39. The number of fused-ring (bicyclic) bond motifs is 1. The van der Waals surface area contributed by atoms with E-state index in [0.29, 0.717) is 107 Å². The summed E-state index contributed by atoms with van der Waals surface area (Å²) in [7, 11) is 3.11. The van der Waals surface area contributed by atoms with E-state index in [1.807, 2.05) is 66.2 Å². The SMILES string of the molecule is COc1nc(-c2cccc(-c3ccnc(-c4cc(OC)c5nc(CN6CC(C)(C#N)C6)cn5c4)c3Cl)c2Cl)ccc1CNC(=O)OC1CCN(C(C)=O)CC1. The third-order valence-electron chi connectivity index (χ3n) is 10.0. The van der Waals surface area contributed by atoms with Gasteiger partial charge in [0.15, 0.2) is 11.4 Å². The molecule has 284 valence electrons. The summed E-state index contributed by atoms with van der Waals surface area (Å²) in [5.41, 5.74) is 5.74. The van der Waals surface area contributed by atoms with Gasteiger partial charge in [0.25, 0.3) is 0 Å². The summed E-state index contributed by atoms with van der Waals surface area (Å²) in [6.07, 6.45) is 5.97. The summed E-state index contributed by atoms with van der Waals surface area (Å²) in [6, 6.07) is 15.3. The minimum Gasteiger partial charge on any atom is -0.493 e. The van der Waals surface area contributed by atoms with Crippen molar-refractivity contribution in [3.8, 4) is 51.3 Å². The molecule has 2 amide bonds. The number of alkyl carbamates (subject to hydrolysis) is 1. The molecule has 4 aromatic heterocycles. The summed E-state index contributed by atoms with van der Waals surface area (Å²) in [5.74, 6) is 0.922. The summed E-state index contributed by atoms with van der Waals surface area (Å²) >= 11 is 14.2. The summed E-state index contributed by atoms with van der Waals surface area (Å²) < 4.78 is 18.8. The second-order valence-electron chi connectivity index (χ2n) is 14.1. The van der Waals surface area contributed by atoms with E-state index in [2.05, 4.69) is 21.3 Å². The van der Waals surface area contributed by atoms with Gasteiger partial charge in [0.05, 0.1) is 59.4 Å². The van der Waals surface area contributed by atoms with E-state index in [0.717, 1.165) is 11.3 Å². The molecule has 13 nitrogen and oxygen atoms in total. The molecule has 15 heteroatoms. The molecule has 2 aliphatic rings. The number of ether oxygens (including phenoxy) is 3. The number of nitrogens with one attached hydrogen (secondary N) is 1. The van der Waals surface area contributed by atoms with E-state index >= 15 is 0 Å². The molecule has 2 fully saturated rings. The van der Waals surface area contributed by atoms with Crippen LogP contribution >= 0.6 is 23.2 Å². The Morgan fingerprint density at radius 1 is 1.00 bits per heavy atom. The summed E-state index contributed by atoms with van der Waals surface area (Å²) in [4.78, 5) is 42.3. The van der Waals surface area contributed by atoms with Crippen molar-refractivity contribution in [1.29, 1.82) is 5.26 Å². The maximum absolute atomic E-state index is 12.6. The molecule has 6 heterocycles. The van der Waals surface area contributed by atoms with Crippen LogP contribution in [0.15, 0.2) is 61.1 Å². The number of amides is 2. The van der Waals surface area contributed by atoms with Gasteiger partial charge in [-0.1, -0.05) is 41.4 Å². The normalized spacial score (nSPS) is 15.6. The lowest BCUT2D eigenvalue weighted by molar-refractivity contribution is -0.130. The predicted molar refractivity (Wildman–Crippen MR) is 208 cm³/mol. The number of carbonyl (C=O) groups is 2. The molecule has 0 atom stereocenters. The molecule has 1 aromatic carbocycles. The van der Waals surface area contributed by atoms with Crippen LogP contribution in [-0.4, -0.2) is 87.7 Å². The summed E-state index contributed by atoms with van der Waals surface area (Å²) in [6.45, 7) is 6.80. The van der Waals surface area contributed by atoms with Crippen molar-refractivity contribution in [1.82, 2.24) is 34.5 Å². The van der Waals surface area contributed by atoms with E-state index in [9.17, 15) is 14.9 Å². The Balaban J connectivity index is 1.09. The number of benzene rings is 1. The molecule has 2 aliphatic heterocycles. The van der Waals surface area contributed by atoms with Crippen molar-refractivity contribution in [2.45, 2.75) is 45.9 Å². The number of carbonyl (C=O) groups excluding carboxylic acids is 2. The average molecular weight is 784 g/mol. The van der Waals surface area contributed by atoms with Gasteiger partial charge in [-0.15, -0.1) is 0 Å². The maximum atomic E-state index is 12.6. The van der Waals surface area contributed by atoms with Crippen LogP contribution in [0, 0.1) is 16.7 Å². The average Bonchev–Trinajstić information content (AvgIpc) is 3.59. The molecule has 1 N–H and O–H groups in total. The van der Waals surface area contributed by atoms with Crippen LogP contribution in [0.3, 0.4) is 0 Å². The van der Waals surface area contributed by atoms with Gasteiger partial charge in [0.2, 0.25) is 11.8 Å². The Kier molecular flexibility index (Phi) is 10.8. The number of methoxy groups -OCH3 is 2. The molecular formula is C40H40Cl2N8O5. The van der Waals surface area contributed by atoms with Gasteiger partial charge in [-0.3, -0.25) is 14.7 Å². The number of nitrogens with zero attached hydrogens (tertiary/aromatic N) is 7. The Morgan fingerprint density at radius 2 is 1.75 bits per heavy atom. The molecule has 0 unspecified atom stereocenters. The van der Waals surface area contributed by atoms with Crippen molar-refractivity contribution in [3.63, 3.8) is 0 Å². The summed E-state index contributed by atoms with van der Waals surface area (Å²) in [5, 5.41) is 13.0. The Hall–Kier alpha value is -5.42. The first-order valence-corrected chi connectivity index (χ1v) is 18.6. The number of nitriles is 1. The topological polar surface area (TPSA) is 147 Å². The van der Waals surface area contributed by atoms with Gasteiger partial charge in [0.1, 0.15) is 6.10 Å². The third-order valence-corrected chi connectivity index (χ3v) is 10.8. The standard InChI is InChI=1S/C40H40Cl2N8O5/c1-24(51)49-14-11-28(12-15-49)55-39(52)45-17-25-8-9-32(47-38(25)54-4)31-7-5-6-29(34(31)41)30-10-13-44-36(35(30)42)26-16-33(53-3)37-46-27(20-50(37)18-26)19-48-22-40(2,21-43)23-48/h5-10,13,16,18,20,28H,11-12,14-15,17,19,22-23H2,1-4H3,(H,45,52). The molecule has 0 radical (unpaired) electrons. The zero-order valence-corrected chi connectivity index (χ0v) is 32.4. The van der Waals surface area contributed by atoms with E-state index in [4.69, 9.17) is 47.4 Å². The molecule has 55 heavy (non-hydrogen) atoms. The first-order valence-electron chi connectivity index (χ1n) is 17.9. The minimum atomic E-state index is -0.544. The number of rotatable bonds is 10. The fraction of sp³-hybridized carbons (Fsp3) is 0.350. The van der Waals surface area contributed by atoms with Crippen molar-refractivity contribution >= 4 is 40.8 Å². The molecule has 7 rings (SSSR count). The van der Waals surface area contributed by atoms with Crippen LogP contribution in [0.4, 0.5) is 4.79 Å². The number of piperidine rings is 1. The fourth-order valence-corrected chi connectivity index (χ4v) is 7.84. The van der Waals surface area contributed by atoms with Crippen LogP contribution in [-0.2, 0) is 22.6 Å². The highest BCUT2D eigenvalue weighted by Crippen LogP contribution is 2.42. The zero-order valence-electron chi connectivity index (χ0n) is 30.9. The number of pyridine rings is 3. The van der Waals surface area contributed by atoms with E-state index in [-0.39, 0.29) is 24.0 Å². The number of hydrogen-bond donors (Lipinski definition) is 1. The quantitative estimate of drug-likeness (QED) is 0.157. The fourth-order valence-electron chi connectivity index (χ4n) is 7.20. The number of halogens is 2. The molecule has 2 saturated heterocycles. The van der Waals surface area contributed by atoms with Crippen LogP contribution in [0.25, 0.3) is 39.3 Å². The predicted octanol–water partition coefficient (Wildman–Crippen LogP) is 7.03. The van der Waals surface area contributed by atoms with E-state index in [1.165, 1.54) is 7.11 Å². The number of imidazole rings is 1. The van der Waals surface area contributed by atoms with Crippen LogP contribution < -0.4 is 14.8 Å². The largest absolute Gasteiger partial charge is 0.493 e. The Morgan fingerprint density at radius 3 is 2.45 bits per heavy atom. The molecule has 0 aliphatic carbocycles. The van der Waals surface area contributed by atoms with Gasteiger partial charge in [-0.05, 0) is 31.2 Å². The monoisotopic (exact) mass is 782 g/mol. The Bertz CT molecular complexity index is 2310. The Labute approximate surface area is 328 Å². The first kappa shape index (κ1) is 37.9. The molecule has 0 spiro atoms. The number of likely N-dealkylation sites (tertiary alicyclic amines) is 2.